The van der Waals surface area contributed by atoms with Crippen LogP contribution in [0.1, 0.15) is 23.5 Å². The van der Waals surface area contributed by atoms with Crippen LogP contribution in [0.3, 0.4) is 0 Å². The summed E-state index contributed by atoms with van der Waals surface area (Å²) in [5.74, 6) is 0.947. The van der Waals surface area contributed by atoms with Gasteiger partial charge in [-0.1, -0.05) is 0 Å². The number of ether oxygens (including phenoxy) is 1. The van der Waals surface area contributed by atoms with Crippen molar-refractivity contribution < 1.29 is 4.74 Å². The Labute approximate surface area is 97.0 Å². The van der Waals surface area contributed by atoms with Crippen LogP contribution in [0.15, 0.2) is 12.1 Å². The predicted molar refractivity (Wildman–Crippen MR) is 62.4 cm³/mol. The van der Waals surface area contributed by atoms with Crippen LogP contribution < -0.4 is 4.74 Å². The molecule has 0 radical (unpaired) electrons. The second-order valence-electron chi connectivity index (χ2n) is 3.41. The first-order valence-electron chi connectivity index (χ1n) is 4.52. The highest BCUT2D eigenvalue weighted by Gasteiger charge is 2.23. The Kier molecular flexibility index (Phi) is 2.64. The quantitative estimate of drug-likeness (QED) is 0.747. The van der Waals surface area contributed by atoms with Crippen molar-refractivity contribution in [2.24, 2.45) is 0 Å². The highest BCUT2D eigenvalue weighted by Crippen LogP contribution is 2.37. The van der Waals surface area contributed by atoms with Gasteiger partial charge in [0.25, 0.3) is 0 Å². The third-order valence-corrected chi connectivity index (χ3v) is 3.49. The van der Waals surface area contributed by atoms with E-state index in [-0.39, 0.29) is 5.92 Å². The van der Waals surface area contributed by atoms with Crippen molar-refractivity contribution in [2.75, 3.05) is 7.11 Å². The van der Waals surface area contributed by atoms with Gasteiger partial charge < -0.3 is 4.74 Å². The summed E-state index contributed by atoms with van der Waals surface area (Å²) in [6, 6.07) is 6.48. The van der Waals surface area contributed by atoms with Crippen molar-refractivity contribution in [1.29, 1.82) is 5.26 Å². The molecular formula is C11H10INO. The first-order valence-corrected chi connectivity index (χ1v) is 5.60. The molecular weight excluding hydrogens is 289 g/mol. The van der Waals surface area contributed by atoms with Crippen LogP contribution in [0, 0.1) is 14.9 Å². The average molecular weight is 299 g/mol. The minimum Gasteiger partial charge on any atom is -0.496 e. The number of benzene rings is 1. The molecule has 0 N–H and O–H groups in total. The molecule has 0 spiro atoms. The van der Waals surface area contributed by atoms with E-state index >= 15 is 0 Å². The molecule has 0 bridgehead atoms. The summed E-state index contributed by atoms with van der Waals surface area (Å²) in [4.78, 5) is 0. The third kappa shape index (κ3) is 1.48. The Morgan fingerprint density at radius 3 is 3.00 bits per heavy atom. The van der Waals surface area contributed by atoms with Crippen molar-refractivity contribution in [1.82, 2.24) is 0 Å². The summed E-state index contributed by atoms with van der Waals surface area (Å²) in [7, 11) is 1.67. The minimum atomic E-state index is 0.0656. The maximum absolute atomic E-state index is 8.95. The van der Waals surface area contributed by atoms with Gasteiger partial charge in [-0.25, -0.2) is 0 Å². The Bertz CT molecular complexity index is 408. The van der Waals surface area contributed by atoms with E-state index in [1.165, 1.54) is 5.56 Å². The minimum absolute atomic E-state index is 0.0656. The molecule has 1 atom stereocenters. The van der Waals surface area contributed by atoms with Crippen molar-refractivity contribution in [2.45, 2.75) is 18.8 Å². The first-order chi connectivity index (χ1) is 6.76. The summed E-state index contributed by atoms with van der Waals surface area (Å²) in [5, 5.41) is 8.95. The van der Waals surface area contributed by atoms with Gasteiger partial charge in [0, 0.05) is 0 Å². The van der Waals surface area contributed by atoms with Crippen LogP contribution in [-0.2, 0) is 6.42 Å². The average Bonchev–Trinajstić information content (AvgIpc) is 2.58. The van der Waals surface area contributed by atoms with Crippen LogP contribution in [0.5, 0.6) is 5.75 Å². The second-order valence-corrected chi connectivity index (χ2v) is 4.57. The van der Waals surface area contributed by atoms with E-state index < -0.39 is 0 Å². The van der Waals surface area contributed by atoms with E-state index in [0.717, 1.165) is 27.7 Å². The SMILES string of the molecule is COc1cc2c(cc1I)CCC2C#N. The smallest absolute Gasteiger partial charge is 0.132 e. The standard InChI is InChI=1S/C11H10INO/c1-14-11-5-9-7(4-10(11)12)2-3-8(9)6-13/h4-5,8H,2-3H2,1H3. The molecule has 1 aromatic rings. The van der Waals surface area contributed by atoms with Gasteiger partial charge >= 0.3 is 0 Å². The Hall–Kier alpha value is -0.760. The van der Waals surface area contributed by atoms with Crippen LogP contribution in [0.4, 0.5) is 0 Å². The van der Waals surface area contributed by atoms with Gasteiger partial charge in [0.1, 0.15) is 5.75 Å². The fourth-order valence-corrected chi connectivity index (χ4v) is 2.65. The summed E-state index contributed by atoms with van der Waals surface area (Å²) < 4.78 is 6.37. The highest BCUT2D eigenvalue weighted by molar-refractivity contribution is 14.1. The molecule has 0 heterocycles. The number of hydrogen-bond donors (Lipinski definition) is 0. The molecule has 1 aliphatic carbocycles. The predicted octanol–water partition coefficient (Wildman–Crippen LogP) is 2.85. The lowest BCUT2D eigenvalue weighted by Crippen LogP contribution is -1.93. The third-order valence-electron chi connectivity index (χ3n) is 2.65. The molecule has 1 unspecified atom stereocenters. The molecule has 0 saturated heterocycles. The number of nitrogens with zero attached hydrogens (tertiary/aromatic N) is 1. The Morgan fingerprint density at radius 2 is 2.36 bits per heavy atom. The lowest BCUT2D eigenvalue weighted by Gasteiger charge is -2.08. The number of hydrogen-bond acceptors (Lipinski definition) is 2. The summed E-state index contributed by atoms with van der Waals surface area (Å²) in [5.41, 5.74) is 2.46. The largest absolute Gasteiger partial charge is 0.496 e. The van der Waals surface area contributed by atoms with Gasteiger partial charge in [-0.2, -0.15) is 5.26 Å². The Morgan fingerprint density at radius 1 is 1.57 bits per heavy atom. The zero-order valence-electron chi connectivity index (χ0n) is 7.88. The van der Waals surface area contributed by atoms with Gasteiger partial charge in [-0.15, -0.1) is 0 Å². The molecule has 72 valence electrons. The van der Waals surface area contributed by atoms with Gasteiger partial charge in [0.15, 0.2) is 0 Å². The molecule has 0 aliphatic heterocycles. The molecule has 1 aromatic carbocycles. The van der Waals surface area contributed by atoms with Gasteiger partial charge in [-0.3, -0.25) is 0 Å². The van der Waals surface area contributed by atoms with Crippen LogP contribution >= 0.6 is 22.6 Å². The lowest BCUT2D eigenvalue weighted by atomic mass is 10.0. The molecule has 1 aliphatic rings. The van der Waals surface area contributed by atoms with E-state index in [1.807, 2.05) is 6.07 Å². The number of halogens is 1. The van der Waals surface area contributed by atoms with Crippen LogP contribution in [0.2, 0.25) is 0 Å². The molecule has 2 nitrogen and oxygen atoms in total. The summed E-state index contributed by atoms with van der Waals surface area (Å²) in [6.45, 7) is 0. The topological polar surface area (TPSA) is 33.0 Å². The van der Waals surface area contributed by atoms with Gasteiger partial charge in [-0.05, 0) is 58.7 Å². The van der Waals surface area contributed by atoms with E-state index in [9.17, 15) is 0 Å². The maximum atomic E-state index is 8.95. The van der Waals surface area contributed by atoms with Gasteiger partial charge in [0.05, 0.1) is 22.7 Å². The number of rotatable bonds is 1. The van der Waals surface area contributed by atoms with E-state index in [0.29, 0.717) is 0 Å². The number of fused-ring (bicyclic) bond motifs is 1. The Balaban J connectivity index is 2.51. The van der Waals surface area contributed by atoms with E-state index in [2.05, 4.69) is 34.7 Å². The fourth-order valence-electron chi connectivity index (χ4n) is 1.90. The molecule has 2 rings (SSSR count). The van der Waals surface area contributed by atoms with Crippen molar-refractivity contribution in [3.63, 3.8) is 0 Å². The lowest BCUT2D eigenvalue weighted by molar-refractivity contribution is 0.411. The molecule has 14 heavy (non-hydrogen) atoms. The molecule has 0 fully saturated rings. The van der Waals surface area contributed by atoms with Crippen molar-refractivity contribution in [3.05, 3.63) is 26.8 Å². The van der Waals surface area contributed by atoms with Crippen molar-refractivity contribution >= 4 is 22.6 Å². The van der Waals surface area contributed by atoms with Crippen molar-refractivity contribution in [3.8, 4) is 11.8 Å². The number of aryl methyl sites for hydroxylation is 1. The summed E-state index contributed by atoms with van der Waals surface area (Å²) >= 11 is 2.27. The first kappa shape index (κ1) is 9.78. The van der Waals surface area contributed by atoms with Crippen LogP contribution in [-0.4, -0.2) is 7.11 Å². The molecule has 3 heteroatoms. The zero-order valence-corrected chi connectivity index (χ0v) is 10.0. The maximum Gasteiger partial charge on any atom is 0.132 e. The zero-order chi connectivity index (χ0) is 10.1. The molecule has 0 aromatic heterocycles. The van der Waals surface area contributed by atoms with Gasteiger partial charge in [0.2, 0.25) is 0 Å². The second kappa shape index (κ2) is 3.77. The van der Waals surface area contributed by atoms with Crippen LogP contribution in [0.25, 0.3) is 0 Å². The normalized spacial score (nSPS) is 18.8. The molecule has 0 saturated carbocycles. The van der Waals surface area contributed by atoms with E-state index in [1.54, 1.807) is 7.11 Å². The highest BCUT2D eigenvalue weighted by atomic mass is 127. The fraction of sp³-hybridized carbons (Fsp3) is 0.364. The van der Waals surface area contributed by atoms with E-state index in [4.69, 9.17) is 10.00 Å². The monoisotopic (exact) mass is 299 g/mol. The number of nitriles is 1. The summed E-state index contributed by atoms with van der Waals surface area (Å²) in [6.07, 6.45) is 1.97. The number of methoxy groups -OCH3 is 1. The molecule has 0 amide bonds.